The lowest BCUT2D eigenvalue weighted by atomic mass is 9.95. The van der Waals surface area contributed by atoms with Crippen molar-refractivity contribution in [2.45, 2.75) is 6.42 Å². The van der Waals surface area contributed by atoms with E-state index in [9.17, 15) is 4.79 Å². The first-order valence-corrected chi connectivity index (χ1v) is 9.99. The third-order valence-electron chi connectivity index (χ3n) is 4.85. The summed E-state index contributed by atoms with van der Waals surface area (Å²) in [4.78, 5) is 15.6. The maximum atomic E-state index is 13.1. The maximum Gasteiger partial charge on any atom is 0.231 e. The molecule has 6 heteroatoms. The molecule has 26 heavy (non-hydrogen) atoms. The molecule has 0 bridgehead atoms. The van der Waals surface area contributed by atoms with Gasteiger partial charge in [0.2, 0.25) is 6.79 Å². The van der Waals surface area contributed by atoms with Gasteiger partial charge in [0.1, 0.15) is 0 Å². The summed E-state index contributed by atoms with van der Waals surface area (Å²) >= 11 is 2.01. The molecule has 2 N–H and O–H groups in total. The van der Waals surface area contributed by atoms with Crippen molar-refractivity contribution in [3.8, 4) is 11.5 Å². The lowest BCUT2D eigenvalue weighted by Crippen LogP contribution is -2.34. The zero-order chi connectivity index (χ0) is 17.9. The van der Waals surface area contributed by atoms with E-state index in [0.29, 0.717) is 28.3 Å². The average Bonchev–Trinajstić information content (AvgIpc) is 3.13. The predicted octanol–water partition coefficient (Wildman–Crippen LogP) is 2.82. The van der Waals surface area contributed by atoms with Gasteiger partial charge < -0.3 is 20.1 Å². The molecule has 1 fully saturated rings. The molecule has 0 unspecified atom stereocenters. The number of thioether (sulfide) groups is 1. The summed E-state index contributed by atoms with van der Waals surface area (Å²) < 4.78 is 10.7. The van der Waals surface area contributed by atoms with Crippen LogP contribution in [0, 0.1) is 0 Å². The molecular weight excluding hydrogens is 348 g/mol. The molecule has 2 aromatic rings. The number of anilines is 1. The van der Waals surface area contributed by atoms with E-state index in [1.165, 1.54) is 11.5 Å². The largest absolute Gasteiger partial charge is 0.454 e. The number of fused-ring (bicyclic) bond motifs is 1. The number of hydrogen-bond donors (Lipinski definition) is 1. The molecule has 0 saturated carbocycles. The molecule has 136 valence electrons. The summed E-state index contributed by atoms with van der Waals surface area (Å²) in [6, 6.07) is 11.2. The average molecular weight is 370 g/mol. The second-order valence-corrected chi connectivity index (χ2v) is 7.71. The molecule has 0 aliphatic carbocycles. The van der Waals surface area contributed by atoms with E-state index in [-0.39, 0.29) is 12.6 Å². The highest BCUT2D eigenvalue weighted by Gasteiger charge is 2.22. The van der Waals surface area contributed by atoms with Gasteiger partial charge in [-0.05, 0) is 18.1 Å². The highest BCUT2D eigenvalue weighted by atomic mass is 32.2. The van der Waals surface area contributed by atoms with E-state index in [2.05, 4.69) is 4.90 Å². The third kappa shape index (κ3) is 3.52. The number of benzene rings is 2. The zero-order valence-electron chi connectivity index (χ0n) is 14.6. The van der Waals surface area contributed by atoms with Crippen LogP contribution >= 0.6 is 11.8 Å². The Bertz CT molecular complexity index is 819. The van der Waals surface area contributed by atoms with Crippen molar-refractivity contribution in [3.05, 3.63) is 53.1 Å². The molecule has 0 radical (unpaired) electrons. The van der Waals surface area contributed by atoms with Gasteiger partial charge in [-0.15, -0.1) is 0 Å². The topological polar surface area (TPSA) is 64.8 Å². The molecule has 2 aliphatic rings. The molecule has 0 amide bonds. The van der Waals surface area contributed by atoms with E-state index >= 15 is 0 Å². The van der Waals surface area contributed by atoms with Gasteiger partial charge in [-0.3, -0.25) is 4.79 Å². The quantitative estimate of drug-likeness (QED) is 0.645. The normalized spacial score (nSPS) is 16.6. The minimum absolute atomic E-state index is 0.0643. The van der Waals surface area contributed by atoms with Crippen LogP contribution in [-0.4, -0.2) is 48.6 Å². The van der Waals surface area contributed by atoms with E-state index in [1.54, 1.807) is 12.1 Å². The number of ether oxygens (including phenoxy) is 2. The minimum atomic E-state index is -0.0643. The number of nitrogen functional groups attached to an aromatic ring is 1. The van der Waals surface area contributed by atoms with Crippen LogP contribution in [0.25, 0.3) is 0 Å². The molecule has 0 aromatic heterocycles. The zero-order valence-corrected chi connectivity index (χ0v) is 15.4. The van der Waals surface area contributed by atoms with Gasteiger partial charge >= 0.3 is 0 Å². The van der Waals surface area contributed by atoms with Crippen LogP contribution < -0.4 is 15.2 Å². The Labute approximate surface area is 157 Å². The fraction of sp³-hybridized carbons (Fsp3) is 0.350. The number of carbonyl (C=O) groups is 1. The number of nitrogens with two attached hydrogens (primary N) is 1. The van der Waals surface area contributed by atoms with Crippen LogP contribution in [0.15, 0.2) is 36.4 Å². The lowest BCUT2D eigenvalue weighted by Gasteiger charge is -2.26. The molecule has 2 aromatic carbocycles. The fourth-order valence-electron chi connectivity index (χ4n) is 3.36. The Hall–Kier alpha value is -2.18. The Morgan fingerprint density at radius 3 is 2.62 bits per heavy atom. The molecule has 5 nitrogen and oxygen atoms in total. The van der Waals surface area contributed by atoms with E-state index in [4.69, 9.17) is 15.2 Å². The van der Waals surface area contributed by atoms with Crippen LogP contribution in [-0.2, 0) is 6.42 Å². The smallest absolute Gasteiger partial charge is 0.231 e. The number of carbonyl (C=O) groups excluding carboxylic acids is 1. The predicted molar refractivity (Wildman–Crippen MR) is 104 cm³/mol. The van der Waals surface area contributed by atoms with Crippen molar-refractivity contribution >= 4 is 23.2 Å². The van der Waals surface area contributed by atoms with Gasteiger partial charge in [0, 0.05) is 54.0 Å². The Morgan fingerprint density at radius 2 is 1.81 bits per heavy atom. The van der Waals surface area contributed by atoms with Crippen molar-refractivity contribution in [2.24, 2.45) is 0 Å². The van der Waals surface area contributed by atoms with Crippen LogP contribution in [0.1, 0.15) is 21.5 Å². The van der Waals surface area contributed by atoms with Crippen molar-refractivity contribution < 1.29 is 14.3 Å². The number of ketones is 1. The van der Waals surface area contributed by atoms with Crippen LogP contribution in [0.4, 0.5) is 5.69 Å². The maximum absolute atomic E-state index is 13.1. The van der Waals surface area contributed by atoms with E-state index in [0.717, 1.165) is 31.6 Å². The summed E-state index contributed by atoms with van der Waals surface area (Å²) in [5, 5.41) is 0. The first-order valence-electron chi connectivity index (χ1n) is 8.84. The standard InChI is InChI=1S/C20H22N2O3S/c21-17-12-19-18(24-13-25-19)11-16(17)20(23)15-4-2-1-3-14(15)5-6-22-7-9-26-10-8-22/h1-4,11-12H,5-10,13,21H2. The van der Waals surface area contributed by atoms with Gasteiger partial charge in [0.05, 0.1) is 0 Å². The summed E-state index contributed by atoms with van der Waals surface area (Å²) in [6.45, 7) is 3.38. The van der Waals surface area contributed by atoms with Crippen molar-refractivity contribution in [2.75, 3.05) is 43.7 Å². The molecule has 0 atom stereocenters. The monoisotopic (exact) mass is 370 g/mol. The van der Waals surface area contributed by atoms with Crippen molar-refractivity contribution in [1.29, 1.82) is 0 Å². The van der Waals surface area contributed by atoms with Crippen LogP contribution in [0.3, 0.4) is 0 Å². The SMILES string of the molecule is Nc1cc2c(cc1C(=O)c1ccccc1CCN1CCSCC1)OCO2. The van der Waals surface area contributed by atoms with Gasteiger partial charge in [0.15, 0.2) is 17.3 Å². The Balaban J connectivity index is 1.56. The van der Waals surface area contributed by atoms with Crippen molar-refractivity contribution in [3.63, 3.8) is 0 Å². The second kappa shape index (κ2) is 7.60. The van der Waals surface area contributed by atoms with Crippen LogP contribution in [0.5, 0.6) is 11.5 Å². The fourth-order valence-corrected chi connectivity index (χ4v) is 4.34. The van der Waals surface area contributed by atoms with Gasteiger partial charge in [-0.2, -0.15) is 11.8 Å². The Morgan fingerprint density at radius 1 is 1.08 bits per heavy atom. The number of rotatable bonds is 5. The first kappa shape index (κ1) is 17.2. The lowest BCUT2D eigenvalue weighted by molar-refractivity contribution is 0.103. The van der Waals surface area contributed by atoms with Crippen molar-refractivity contribution in [1.82, 2.24) is 4.90 Å². The summed E-state index contributed by atoms with van der Waals surface area (Å²) in [7, 11) is 0. The van der Waals surface area contributed by atoms with E-state index < -0.39 is 0 Å². The molecule has 2 heterocycles. The third-order valence-corrected chi connectivity index (χ3v) is 5.79. The number of hydrogen-bond acceptors (Lipinski definition) is 6. The molecule has 4 rings (SSSR count). The summed E-state index contributed by atoms with van der Waals surface area (Å²) in [5.41, 5.74) is 8.77. The van der Waals surface area contributed by atoms with Gasteiger partial charge in [0.25, 0.3) is 0 Å². The summed E-state index contributed by atoms with van der Waals surface area (Å²) in [5.74, 6) is 3.48. The number of nitrogens with zero attached hydrogens (tertiary/aromatic N) is 1. The second-order valence-electron chi connectivity index (χ2n) is 6.48. The van der Waals surface area contributed by atoms with E-state index in [1.807, 2.05) is 36.0 Å². The highest BCUT2D eigenvalue weighted by Crippen LogP contribution is 2.36. The molecular formula is C20H22N2O3S. The molecule has 2 aliphatic heterocycles. The summed E-state index contributed by atoms with van der Waals surface area (Å²) in [6.07, 6.45) is 0.858. The highest BCUT2D eigenvalue weighted by molar-refractivity contribution is 7.99. The first-order chi connectivity index (χ1) is 12.7. The minimum Gasteiger partial charge on any atom is -0.454 e. The molecule has 0 spiro atoms. The van der Waals surface area contributed by atoms with Gasteiger partial charge in [-0.1, -0.05) is 24.3 Å². The molecule has 1 saturated heterocycles. The van der Waals surface area contributed by atoms with Crippen LogP contribution in [0.2, 0.25) is 0 Å². The Kier molecular flexibility index (Phi) is 5.04. The van der Waals surface area contributed by atoms with Gasteiger partial charge in [-0.25, -0.2) is 0 Å².